The first kappa shape index (κ1) is 15.5. The number of ether oxygens (including phenoxy) is 3. The number of carbonyl (C=O) groups is 2. The van der Waals surface area contributed by atoms with E-state index in [-0.39, 0.29) is 11.8 Å². The molecule has 0 amide bonds. The second-order valence-electron chi connectivity index (χ2n) is 5.56. The molecule has 120 valence electrons. The van der Waals surface area contributed by atoms with Crippen LogP contribution in [0.2, 0.25) is 0 Å². The molecule has 0 saturated carbocycles. The van der Waals surface area contributed by atoms with Crippen LogP contribution in [0.1, 0.15) is 12.0 Å². The molecule has 0 fully saturated rings. The highest BCUT2D eigenvalue weighted by atomic mass is 16.7. The van der Waals surface area contributed by atoms with Crippen molar-refractivity contribution in [1.29, 1.82) is 0 Å². The summed E-state index contributed by atoms with van der Waals surface area (Å²) in [5.74, 6) is -0.852. The van der Waals surface area contributed by atoms with E-state index in [9.17, 15) is 9.59 Å². The second-order valence-corrected chi connectivity index (χ2v) is 5.56. The smallest absolute Gasteiger partial charge is 0.337 e. The molecule has 2 unspecified atom stereocenters. The number of hydrogen-bond donors (Lipinski definition) is 0. The van der Waals surface area contributed by atoms with E-state index in [2.05, 4.69) is 0 Å². The minimum atomic E-state index is -0.590. The molecule has 3 rings (SSSR count). The number of hydrogen-bond acceptors (Lipinski definition) is 5. The van der Waals surface area contributed by atoms with Crippen molar-refractivity contribution in [3.8, 4) is 0 Å². The van der Waals surface area contributed by atoms with Crippen LogP contribution in [-0.2, 0) is 30.4 Å². The highest BCUT2D eigenvalue weighted by molar-refractivity contribution is 5.90. The summed E-state index contributed by atoms with van der Waals surface area (Å²) in [5.41, 5.74) is 2.08. The van der Waals surface area contributed by atoms with Gasteiger partial charge in [0.1, 0.15) is 6.29 Å². The molecule has 1 aliphatic heterocycles. The van der Waals surface area contributed by atoms with Crippen molar-refractivity contribution in [3.05, 3.63) is 59.4 Å². The van der Waals surface area contributed by atoms with E-state index in [4.69, 9.17) is 14.2 Å². The maximum absolute atomic E-state index is 11.9. The van der Waals surface area contributed by atoms with Gasteiger partial charge in [0.2, 0.25) is 6.29 Å². The maximum Gasteiger partial charge on any atom is 0.337 e. The van der Waals surface area contributed by atoms with Gasteiger partial charge in [0.25, 0.3) is 0 Å². The van der Waals surface area contributed by atoms with Crippen molar-refractivity contribution in [2.24, 2.45) is 11.8 Å². The Balaban J connectivity index is 1.77. The minimum absolute atomic E-state index is 0.142. The molecule has 1 aliphatic carbocycles. The molecule has 0 bridgehead atoms. The highest BCUT2D eigenvalue weighted by Gasteiger charge is 2.44. The fourth-order valence-corrected chi connectivity index (χ4v) is 3.10. The number of carbonyl (C=O) groups excluding carboxylic acids is 2. The molecule has 0 spiro atoms. The van der Waals surface area contributed by atoms with E-state index in [0.29, 0.717) is 24.2 Å². The summed E-state index contributed by atoms with van der Waals surface area (Å²) in [7, 11) is 1.33. The number of esters is 1. The number of allylic oxidation sites excluding steroid dienone is 1. The summed E-state index contributed by atoms with van der Waals surface area (Å²) in [6.45, 7) is 0.377. The van der Waals surface area contributed by atoms with E-state index in [1.165, 1.54) is 13.4 Å². The Labute approximate surface area is 134 Å². The van der Waals surface area contributed by atoms with Crippen molar-refractivity contribution in [1.82, 2.24) is 0 Å². The first-order valence-corrected chi connectivity index (χ1v) is 7.49. The summed E-state index contributed by atoms with van der Waals surface area (Å²) >= 11 is 0. The Bertz CT molecular complexity index is 647. The largest absolute Gasteiger partial charge is 0.471 e. The average molecular weight is 314 g/mol. The van der Waals surface area contributed by atoms with E-state index in [1.807, 2.05) is 36.4 Å². The van der Waals surface area contributed by atoms with Crippen molar-refractivity contribution in [3.63, 3.8) is 0 Å². The molecule has 23 heavy (non-hydrogen) atoms. The first-order valence-electron chi connectivity index (χ1n) is 7.49. The molecule has 2 aliphatic rings. The van der Waals surface area contributed by atoms with Gasteiger partial charge in [-0.1, -0.05) is 36.4 Å². The lowest BCUT2D eigenvalue weighted by atomic mass is 9.83. The number of benzene rings is 1. The molecule has 5 nitrogen and oxygen atoms in total. The summed E-state index contributed by atoms with van der Waals surface area (Å²) < 4.78 is 16.2. The number of methoxy groups -OCH3 is 1. The molecule has 1 heterocycles. The fourth-order valence-electron chi connectivity index (χ4n) is 3.10. The molecule has 1 aromatic rings. The number of aldehydes is 1. The van der Waals surface area contributed by atoms with Crippen LogP contribution in [0.25, 0.3) is 0 Å². The third kappa shape index (κ3) is 3.05. The summed E-state index contributed by atoms with van der Waals surface area (Å²) in [5, 5.41) is 0. The Morgan fingerprint density at radius 2 is 2.13 bits per heavy atom. The van der Waals surface area contributed by atoms with Gasteiger partial charge in [0.15, 0.2) is 0 Å². The molecule has 0 saturated heterocycles. The maximum atomic E-state index is 11.9. The lowest BCUT2D eigenvalue weighted by molar-refractivity contribution is -0.161. The molecule has 0 N–H and O–H groups in total. The van der Waals surface area contributed by atoms with Crippen LogP contribution in [0, 0.1) is 11.8 Å². The Kier molecular flexibility index (Phi) is 4.57. The minimum Gasteiger partial charge on any atom is -0.471 e. The Morgan fingerprint density at radius 1 is 1.35 bits per heavy atom. The summed E-state index contributed by atoms with van der Waals surface area (Å²) in [6.07, 6.45) is 4.07. The van der Waals surface area contributed by atoms with Gasteiger partial charge in [0, 0.05) is 5.92 Å². The third-order valence-corrected chi connectivity index (χ3v) is 4.26. The van der Waals surface area contributed by atoms with E-state index >= 15 is 0 Å². The van der Waals surface area contributed by atoms with Gasteiger partial charge in [-0.25, -0.2) is 4.79 Å². The van der Waals surface area contributed by atoms with Gasteiger partial charge >= 0.3 is 5.97 Å². The van der Waals surface area contributed by atoms with Crippen LogP contribution in [0.15, 0.2) is 53.8 Å². The molecular formula is C18H18O5. The monoisotopic (exact) mass is 314 g/mol. The zero-order valence-corrected chi connectivity index (χ0v) is 12.8. The molecular weight excluding hydrogens is 296 g/mol. The predicted molar refractivity (Wildman–Crippen MR) is 81.9 cm³/mol. The topological polar surface area (TPSA) is 61.8 Å². The van der Waals surface area contributed by atoms with Crippen molar-refractivity contribution in [2.45, 2.75) is 19.3 Å². The lowest BCUT2D eigenvalue weighted by Gasteiger charge is -2.33. The van der Waals surface area contributed by atoms with Gasteiger partial charge in [-0.15, -0.1) is 0 Å². The quantitative estimate of drug-likeness (QED) is 0.617. The van der Waals surface area contributed by atoms with Crippen LogP contribution in [0.3, 0.4) is 0 Å². The van der Waals surface area contributed by atoms with Crippen molar-refractivity contribution < 1.29 is 23.8 Å². The predicted octanol–water partition coefficient (Wildman–Crippen LogP) is 2.38. The Morgan fingerprint density at radius 3 is 2.83 bits per heavy atom. The average Bonchev–Trinajstić information content (AvgIpc) is 3.04. The normalized spacial score (nSPS) is 25.7. The van der Waals surface area contributed by atoms with Gasteiger partial charge < -0.3 is 14.2 Å². The van der Waals surface area contributed by atoms with Crippen LogP contribution in [-0.4, -0.2) is 25.7 Å². The van der Waals surface area contributed by atoms with Gasteiger partial charge in [-0.05, 0) is 17.6 Å². The fraction of sp³-hybridized carbons (Fsp3) is 0.333. The van der Waals surface area contributed by atoms with Crippen molar-refractivity contribution in [2.75, 3.05) is 7.11 Å². The molecule has 3 atom stereocenters. The van der Waals surface area contributed by atoms with E-state index < -0.39 is 12.3 Å². The molecule has 1 aromatic carbocycles. The van der Waals surface area contributed by atoms with E-state index in [0.717, 1.165) is 11.8 Å². The summed E-state index contributed by atoms with van der Waals surface area (Å²) in [6, 6.07) is 9.73. The summed E-state index contributed by atoms with van der Waals surface area (Å²) in [4.78, 5) is 23.2. The zero-order valence-electron chi connectivity index (χ0n) is 12.8. The van der Waals surface area contributed by atoms with Gasteiger partial charge in [0.05, 0.1) is 31.5 Å². The molecule has 5 heteroatoms. The standard InChI is InChI=1S/C18H18O5/c1-21-17(20)15-11-23-18(16-13(9-19)7-8-14(15)16)22-10-12-5-3-2-4-6-12/h2-7,9,11,14,16,18H,8,10H2,1H3/t14?,16?,18-/m1/s1. The van der Waals surface area contributed by atoms with Crippen LogP contribution in [0.5, 0.6) is 0 Å². The highest BCUT2D eigenvalue weighted by Crippen LogP contribution is 2.43. The molecule has 0 aromatic heterocycles. The Hall–Kier alpha value is -2.40. The molecule has 0 radical (unpaired) electrons. The number of rotatable bonds is 5. The third-order valence-electron chi connectivity index (χ3n) is 4.26. The number of fused-ring (bicyclic) bond motifs is 1. The second kappa shape index (κ2) is 6.79. The van der Waals surface area contributed by atoms with Crippen LogP contribution < -0.4 is 0 Å². The zero-order chi connectivity index (χ0) is 16.2. The van der Waals surface area contributed by atoms with Crippen LogP contribution in [0.4, 0.5) is 0 Å². The lowest BCUT2D eigenvalue weighted by Crippen LogP contribution is -2.37. The van der Waals surface area contributed by atoms with Gasteiger partial charge in [-0.3, -0.25) is 4.79 Å². The first-order chi connectivity index (χ1) is 11.2. The van der Waals surface area contributed by atoms with E-state index in [1.54, 1.807) is 0 Å². The van der Waals surface area contributed by atoms with Crippen molar-refractivity contribution >= 4 is 12.3 Å². The SMILES string of the molecule is COC(=O)C1=CO[C@@H](OCc2ccccc2)C2C(C=O)=CCC12. The van der Waals surface area contributed by atoms with Gasteiger partial charge in [-0.2, -0.15) is 0 Å². The van der Waals surface area contributed by atoms with Crippen LogP contribution >= 0.6 is 0 Å².